The molecule has 0 aliphatic carbocycles. The molecular formula is C20H20N2O2S. The topological polar surface area (TPSA) is 42.5 Å². The molecule has 2 aliphatic heterocycles. The van der Waals surface area contributed by atoms with E-state index >= 15 is 0 Å². The lowest BCUT2D eigenvalue weighted by Crippen LogP contribution is -2.24. The lowest BCUT2D eigenvalue weighted by molar-refractivity contribution is 0.297. The summed E-state index contributed by atoms with van der Waals surface area (Å²) in [6, 6.07) is 14.1. The zero-order valence-corrected chi connectivity index (χ0v) is 14.7. The maximum Gasteiger partial charge on any atom is 0.161 e. The monoisotopic (exact) mass is 352 g/mol. The van der Waals surface area contributed by atoms with Gasteiger partial charge in [-0.1, -0.05) is 30.4 Å². The van der Waals surface area contributed by atoms with Gasteiger partial charge < -0.3 is 20.1 Å². The summed E-state index contributed by atoms with van der Waals surface area (Å²) < 4.78 is 11.6. The smallest absolute Gasteiger partial charge is 0.161 e. The van der Waals surface area contributed by atoms with Crippen LogP contribution in [0.2, 0.25) is 0 Å². The fourth-order valence-corrected chi connectivity index (χ4v) is 3.33. The first-order chi connectivity index (χ1) is 12.3. The van der Waals surface area contributed by atoms with Crippen LogP contribution in [0.4, 0.5) is 5.69 Å². The Kier molecular flexibility index (Phi) is 4.57. The first kappa shape index (κ1) is 16.0. The molecule has 0 aromatic heterocycles. The maximum absolute atomic E-state index is 5.84. The number of rotatable bonds is 2. The standard InChI is InChI=1S/C20H20N2O2S/c25-20(22-15-5-2-1-3-6-15)13-17-16-12-19-18(23-9-4-10-24-19)11-14(16)7-8-21-17/h1-3,5-6,11-13,21H,4,7-10H2,(H,22,25)/b17-13-. The van der Waals surface area contributed by atoms with Crippen LogP contribution in [0.5, 0.6) is 11.5 Å². The van der Waals surface area contributed by atoms with Crippen LogP contribution in [0, 0.1) is 0 Å². The molecule has 0 spiro atoms. The van der Waals surface area contributed by atoms with E-state index in [0.29, 0.717) is 18.2 Å². The number of fused-ring (bicyclic) bond motifs is 2. The van der Waals surface area contributed by atoms with E-state index in [-0.39, 0.29) is 0 Å². The predicted molar refractivity (Wildman–Crippen MR) is 104 cm³/mol. The summed E-state index contributed by atoms with van der Waals surface area (Å²) in [7, 11) is 0. The third kappa shape index (κ3) is 3.61. The minimum Gasteiger partial charge on any atom is -0.490 e. The Bertz CT molecular complexity index is 818. The molecule has 128 valence electrons. The van der Waals surface area contributed by atoms with Crippen molar-refractivity contribution in [1.82, 2.24) is 5.32 Å². The molecule has 2 aliphatic rings. The van der Waals surface area contributed by atoms with E-state index in [1.165, 1.54) is 5.56 Å². The summed E-state index contributed by atoms with van der Waals surface area (Å²) in [6.45, 7) is 2.27. The van der Waals surface area contributed by atoms with Crippen LogP contribution in [-0.4, -0.2) is 24.7 Å². The van der Waals surface area contributed by atoms with E-state index in [1.807, 2.05) is 36.4 Å². The van der Waals surface area contributed by atoms with Gasteiger partial charge in [0.15, 0.2) is 11.5 Å². The second-order valence-corrected chi connectivity index (χ2v) is 6.54. The zero-order chi connectivity index (χ0) is 17.1. The van der Waals surface area contributed by atoms with Gasteiger partial charge in [-0.05, 0) is 42.3 Å². The molecule has 4 rings (SSSR count). The summed E-state index contributed by atoms with van der Waals surface area (Å²) in [5.41, 5.74) is 4.40. The van der Waals surface area contributed by atoms with Crippen LogP contribution in [0.3, 0.4) is 0 Å². The minimum absolute atomic E-state index is 0.675. The molecule has 2 N–H and O–H groups in total. The average Bonchev–Trinajstić information content (AvgIpc) is 2.86. The number of benzene rings is 2. The first-order valence-corrected chi connectivity index (χ1v) is 8.95. The van der Waals surface area contributed by atoms with Crippen LogP contribution in [0.1, 0.15) is 17.5 Å². The van der Waals surface area contributed by atoms with Gasteiger partial charge in [0.2, 0.25) is 0 Å². The predicted octanol–water partition coefficient (Wildman–Crippen LogP) is 3.77. The van der Waals surface area contributed by atoms with E-state index in [9.17, 15) is 0 Å². The second-order valence-electron chi connectivity index (χ2n) is 6.10. The van der Waals surface area contributed by atoms with Gasteiger partial charge in [-0.3, -0.25) is 0 Å². The molecule has 2 heterocycles. The van der Waals surface area contributed by atoms with Gasteiger partial charge in [0, 0.05) is 29.9 Å². The van der Waals surface area contributed by atoms with Crippen LogP contribution in [0.15, 0.2) is 48.5 Å². The Balaban J connectivity index is 1.62. The van der Waals surface area contributed by atoms with Gasteiger partial charge in [0.25, 0.3) is 0 Å². The van der Waals surface area contributed by atoms with Crippen molar-refractivity contribution in [2.24, 2.45) is 0 Å². The Labute approximate surface area is 152 Å². The van der Waals surface area contributed by atoms with Crippen molar-refractivity contribution in [2.75, 3.05) is 25.1 Å². The molecule has 5 heteroatoms. The number of thiocarbonyl (C=S) groups is 1. The normalized spacial score (nSPS) is 17.2. The molecule has 0 saturated carbocycles. The third-order valence-corrected chi connectivity index (χ3v) is 4.51. The van der Waals surface area contributed by atoms with Gasteiger partial charge in [-0.15, -0.1) is 0 Å². The second kappa shape index (κ2) is 7.15. The van der Waals surface area contributed by atoms with Crippen LogP contribution in [0.25, 0.3) is 5.70 Å². The molecule has 0 saturated heterocycles. The molecule has 0 amide bonds. The number of nitrogens with one attached hydrogen (secondary N) is 2. The molecule has 0 fully saturated rings. The highest BCUT2D eigenvalue weighted by Crippen LogP contribution is 2.36. The van der Waals surface area contributed by atoms with Crippen molar-refractivity contribution in [3.63, 3.8) is 0 Å². The van der Waals surface area contributed by atoms with Crippen LogP contribution >= 0.6 is 12.2 Å². The van der Waals surface area contributed by atoms with Crippen molar-refractivity contribution >= 4 is 28.6 Å². The third-order valence-electron chi connectivity index (χ3n) is 4.29. The van der Waals surface area contributed by atoms with Crippen molar-refractivity contribution in [3.05, 3.63) is 59.7 Å². The number of ether oxygens (including phenoxy) is 2. The number of hydrogen-bond donors (Lipinski definition) is 2. The van der Waals surface area contributed by atoms with E-state index in [0.717, 1.165) is 47.8 Å². The average molecular weight is 352 g/mol. The van der Waals surface area contributed by atoms with E-state index in [1.54, 1.807) is 0 Å². The SMILES string of the molecule is S=C(/C=C1\NCCc2cc3c(cc21)OCCCO3)Nc1ccccc1. The molecule has 0 bridgehead atoms. The Morgan fingerprint density at radius 3 is 2.64 bits per heavy atom. The summed E-state index contributed by atoms with van der Waals surface area (Å²) in [6.07, 6.45) is 3.85. The maximum atomic E-state index is 5.84. The quantitative estimate of drug-likeness (QED) is 0.636. The number of anilines is 1. The molecule has 4 nitrogen and oxygen atoms in total. The zero-order valence-electron chi connectivity index (χ0n) is 13.9. The Hall–Kier alpha value is -2.53. The van der Waals surface area contributed by atoms with Crippen molar-refractivity contribution in [1.29, 1.82) is 0 Å². The van der Waals surface area contributed by atoms with Gasteiger partial charge in [-0.25, -0.2) is 0 Å². The summed E-state index contributed by atoms with van der Waals surface area (Å²) in [4.78, 5) is 0.675. The van der Waals surface area contributed by atoms with Gasteiger partial charge in [0.1, 0.15) is 4.99 Å². The molecular weight excluding hydrogens is 332 g/mol. The molecule has 0 unspecified atom stereocenters. The molecule has 2 aromatic carbocycles. The summed E-state index contributed by atoms with van der Waals surface area (Å²) >= 11 is 5.51. The summed E-state index contributed by atoms with van der Waals surface area (Å²) in [5, 5.41) is 6.70. The van der Waals surface area contributed by atoms with Crippen molar-refractivity contribution < 1.29 is 9.47 Å². The van der Waals surface area contributed by atoms with E-state index < -0.39 is 0 Å². The van der Waals surface area contributed by atoms with Gasteiger partial charge >= 0.3 is 0 Å². The molecule has 0 radical (unpaired) electrons. The Morgan fingerprint density at radius 1 is 1.08 bits per heavy atom. The van der Waals surface area contributed by atoms with Crippen LogP contribution in [-0.2, 0) is 6.42 Å². The fraction of sp³-hybridized carbons (Fsp3) is 0.250. The summed E-state index contributed by atoms with van der Waals surface area (Å²) in [5.74, 6) is 1.66. The number of para-hydroxylation sites is 1. The molecule has 25 heavy (non-hydrogen) atoms. The lowest BCUT2D eigenvalue weighted by atomic mass is 9.97. The lowest BCUT2D eigenvalue weighted by Gasteiger charge is -2.23. The van der Waals surface area contributed by atoms with E-state index in [2.05, 4.69) is 22.8 Å². The molecule has 0 atom stereocenters. The minimum atomic E-state index is 0.675. The van der Waals surface area contributed by atoms with Crippen molar-refractivity contribution in [2.45, 2.75) is 12.8 Å². The highest BCUT2D eigenvalue weighted by atomic mass is 32.1. The Morgan fingerprint density at radius 2 is 1.84 bits per heavy atom. The fourth-order valence-electron chi connectivity index (χ4n) is 3.10. The number of hydrogen-bond acceptors (Lipinski definition) is 4. The highest BCUT2D eigenvalue weighted by molar-refractivity contribution is 7.81. The highest BCUT2D eigenvalue weighted by Gasteiger charge is 2.20. The van der Waals surface area contributed by atoms with Crippen LogP contribution < -0.4 is 20.1 Å². The molecule has 2 aromatic rings. The van der Waals surface area contributed by atoms with E-state index in [4.69, 9.17) is 21.7 Å². The van der Waals surface area contributed by atoms with Gasteiger partial charge in [-0.2, -0.15) is 0 Å². The van der Waals surface area contributed by atoms with Gasteiger partial charge in [0.05, 0.1) is 13.2 Å². The first-order valence-electron chi connectivity index (χ1n) is 8.54. The largest absolute Gasteiger partial charge is 0.490 e. The van der Waals surface area contributed by atoms with Crippen molar-refractivity contribution in [3.8, 4) is 11.5 Å².